The van der Waals surface area contributed by atoms with Crippen LogP contribution in [0.25, 0.3) is 0 Å². The number of phenols is 1. The van der Waals surface area contributed by atoms with Crippen LogP contribution in [0.3, 0.4) is 0 Å². The topological polar surface area (TPSA) is 60.8 Å². The number of benzene rings is 1. The maximum absolute atomic E-state index is 12.1. The molecule has 0 spiro atoms. The Balaban J connectivity index is 2.90. The monoisotopic (exact) mass is 237 g/mol. The minimum absolute atomic E-state index is 0.0416. The summed E-state index contributed by atoms with van der Waals surface area (Å²) < 4.78 is 0. The normalized spacial score (nSPS) is 10.3. The largest absolute Gasteiger partial charge is 0.507 e. The van der Waals surface area contributed by atoms with Crippen molar-refractivity contribution in [3.8, 4) is 5.75 Å². The van der Waals surface area contributed by atoms with E-state index in [0.29, 0.717) is 30.6 Å². The van der Waals surface area contributed by atoms with Crippen molar-refractivity contribution in [2.24, 2.45) is 0 Å². The number of aromatic hydroxyl groups is 1. The number of rotatable bonds is 5. The molecule has 94 valence electrons. The lowest BCUT2D eigenvalue weighted by Crippen LogP contribution is -2.32. The van der Waals surface area contributed by atoms with Crippen LogP contribution < -0.4 is 0 Å². The molecular weight excluding hydrogens is 218 g/mol. The molecule has 1 aromatic carbocycles. The van der Waals surface area contributed by atoms with Crippen molar-refractivity contribution in [3.05, 3.63) is 29.3 Å². The lowest BCUT2D eigenvalue weighted by atomic mass is 10.1. The fraction of sp³-hybridized carbons (Fsp3) is 0.462. The van der Waals surface area contributed by atoms with Crippen LogP contribution in [0.2, 0.25) is 0 Å². The molecule has 1 rings (SSSR count). The number of carbonyl (C=O) groups is 1. The van der Waals surface area contributed by atoms with Gasteiger partial charge < -0.3 is 15.1 Å². The third kappa shape index (κ3) is 3.20. The summed E-state index contributed by atoms with van der Waals surface area (Å²) in [6.45, 7) is 4.76. The van der Waals surface area contributed by atoms with Crippen LogP contribution in [-0.4, -0.2) is 40.7 Å². The Morgan fingerprint density at radius 1 is 1.41 bits per heavy atom. The number of hydrogen-bond acceptors (Lipinski definition) is 3. The van der Waals surface area contributed by atoms with Crippen molar-refractivity contribution in [3.63, 3.8) is 0 Å². The van der Waals surface area contributed by atoms with Crippen molar-refractivity contribution in [2.75, 3.05) is 19.7 Å². The second-order valence-corrected chi connectivity index (χ2v) is 3.93. The number of carbonyl (C=O) groups excluding carboxylic acids is 1. The molecule has 0 aromatic heterocycles. The second kappa shape index (κ2) is 6.25. The van der Waals surface area contributed by atoms with Gasteiger partial charge in [-0.2, -0.15) is 0 Å². The highest BCUT2D eigenvalue weighted by atomic mass is 16.3. The summed E-state index contributed by atoms with van der Waals surface area (Å²) in [6.07, 6.45) is 0.548. The van der Waals surface area contributed by atoms with Crippen LogP contribution >= 0.6 is 0 Å². The minimum Gasteiger partial charge on any atom is -0.507 e. The van der Waals surface area contributed by atoms with E-state index < -0.39 is 0 Å². The number of amides is 1. The van der Waals surface area contributed by atoms with Crippen molar-refractivity contribution >= 4 is 5.91 Å². The predicted octanol–water partition coefficient (Wildman–Crippen LogP) is 1.55. The van der Waals surface area contributed by atoms with E-state index in [-0.39, 0.29) is 18.3 Å². The van der Waals surface area contributed by atoms with Crippen molar-refractivity contribution in [2.45, 2.75) is 20.3 Å². The summed E-state index contributed by atoms with van der Waals surface area (Å²) in [5, 5.41) is 18.6. The quantitative estimate of drug-likeness (QED) is 0.816. The summed E-state index contributed by atoms with van der Waals surface area (Å²) in [4.78, 5) is 13.8. The maximum atomic E-state index is 12.1. The zero-order valence-corrected chi connectivity index (χ0v) is 10.3. The van der Waals surface area contributed by atoms with Crippen molar-refractivity contribution in [1.82, 2.24) is 4.90 Å². The second-order valence-electron chi connectivity index (χ2n) is 3.93. The highest BCUT2D eigenvalue weighted by Crippen LogP contribution is 2.22. The van der Waals surface area contributed by atoms with Crippen LogP contribution in [0.4, 0.5) is 0 Å². The molecule has 0 unspecified atom stereocenters. The van der Waals surface area contributed by atoms with Crippen LogP contribution in [-0.2, 0) is 0 Å². The van der Waals surface area contributed by atoms with Gasteiger partial charge >= 0.3 is 0 Å². The van der Waals surface area contributed by atoms with Crippen LogP contribution in [0.5, 0.6) is 5.75 Å². The Bertz CT molecular complexity index is 390. The minimum atomic E-state index is -0.192. The molecule has 4 nitrogen and oxygen atoms in total. The molecular formula is C13H19NO3. The van der Waals surface area contributed by atoms with Crippen LogP contribution in [0.1, 0.15) is 29.3 Å². The van der Waals surface area contributed by atoms with E-state index in [1.165, 1.54) is 0 Å². The van der Waals surface area contributed by atoms with Gasteiger partial charge in [0, 0.05) is 19.7 Å². The van der Waals surface area contributed by atoms with Gasteiger partial charge in [0.15, 0.2) is 0 Å². The van der Waals surface area contributed by atoms with E-state index in [2.05, 4.69) is 0 Å². The fourth-order valence-corrected chi connectivity index (χ4v) is 1.67. The maximum Gasteiger partial charge on any atom is 0.257 e. The fourth-order valence-electron chi connectivity index (χ4n) is 1.67. The molecule has 0 aliphatic carbocycles. The number of phenolic OH excluding ortho intramolecular Hbond substituents is 1. The first kappa shape index (κ1) is 13.5. The summed E-state index contributed by atoms with van der Waals surface area (Å²) >= 11 is 0. The average Bonchev–Trinajstić information content (AvgIpc) is 2.33. The third-order valence-corrected chi connectivity index (χ3v) is 2.72. The third-order valence-electron chi connectivity index (χ3n) is 2.72. The van der Waals surface area contributed by atoms with E-state index in [4.69, 9.17) is 5.11 Å². The molecule has 0 radical (unpaired) electrons. The van der Waals surface area contributed by atoms with Crippen LogP contribution in [0.15, 0.2) is 18.2 Å². The highest BCUT2D eigenvalue weighted by Gasteiger charge is 2.17. The molecule has 2 N–H and O–H groups in total. The molecule has 0 heterocycles. The molecule has 4 heteroatoms. The van der Waals surface area contributed by atoms with E-state index in [1.807, 2.05) is 6.92 Å². The van der Waals surface area contributed by atoms with Crippen molar-refractivity contribution in [1.29, 1.82) is 0 Å². The Labute approximate surface area is 101 Å². The number of nitrogens with zero attached hydrogens (tertiary/aromatic N) is 1. The average molecular weight is 237 g/mol. The summed E-state index contributed by atoms with van der Waals surface area (Å²) in [5.74, 6) is -0.151. The van der Waals surface area contributed by atoms with Gasteiger partial charge in [-0.05, 0) is 31.9 Å². The molecule has 0 fully saturated rings. The molecule has 0 aliphatic heterocycles. The summed E-state index contributed by atoms with van der Waals surface area (Å²) in [6, 6.07) is 5.13. The van der Waals surface area contributed by atoms with E-state index in [1.54, 1.807) is 30.0 Å². The Kier molecular flexibility index (Phi) is 4.97. The number of para-hydroxylation sites is 1. The molecule has 1 aromatic rings. The molecule has 0 saturated carbocycles. The first-order chi connectivity index (χ1) is 8.11. The standard InChI is InChI=1S/C13H19NO3/c1-3-14(8-5-9-15)13(17)11-7-4-6-10(2)12(11)16/h4,6-7,15-16H,3,5,8-9H2,1-2H3. The number of aryl methyl sites for hydroxylation is 1. The van der Waals surface area contributed by atoms with E-state index in [0.717, 1.165) is 0 Å². The molecule has 0 saturated heterocycles. The zero-order valence-electron chi connectivity index (χ0n) is 10.3. The Morgan fingerprint density at radius 2 is 2.12 bits per heavy atom. The van der Waals surface area contributed by atoms with Gasteiger partial charge in [-0.25, -0.2) is 0 Å². The van der Waals surface area contributed by atoms with Gasteiger partial charge in [0.1, 0.15) is 5.75 Å². The van der Waals surface area contributed by atoms with Gasteiger partial charge in [0.05, 0.1) is 5.56 Å². The Morgan fingerprint density at radius 3 is 2.71 bits per heavy atom. The van der Waals surface area contributed by atoms with E-state index >= 15 is 0 Å². The van der Waals surface area contributed by atoms with Gasteiger partial charge in [-0.15, -0.1) is 0 Å². The molecule has 0 atom stereocenters. The van der Waals surface area contributed by atoms with Gasteiger partial charge in [-0.3, -0.25) is 4.79 Å². The first-order valence-electron chi connectivity index (χ1n) is 5.80. The molecule has 17 heavy (non-hydrogen) atoms. The molecule has 0 aliphatic rings. The SMILES string of the molecule is CCN(CCCO)C(=O)c1cccc(C)c1O. The van der Waals surface area contributed by atoms with Gasteiger partial charge in [0.2, 0.25) is 0 Å². The van der Waals surface area contributed by atoms with E-state index in [9.17, 15) is 9.90 Å². The predicted molar refractivity (Wildman–Crippen MR) is 66.1 cm³/mol. The molecule has 1 amide bonds. The number of aliphatic hydroxyl groups excluding tert-OH is 1. The lowest BCUT2D eigenvalue weighted by molar-refractivity contribution is 0.0751. The smallest absolute Gasteiger partial charge is 0.257 e. The summed E-state index contributed by atoms with van der Waals surface area (Å²) in [7, 11) is 0. The van der Waals surface area contributed by atoms with Gasteiger partial charge in [0.25, 0.3) is 5.91 Å². The van der Waals surface area contributed by atoms with Gasteiger partial charge in [-0.1, -0.05) is 12.1 Å². The summed E-state index contributed by atoms with van der Waals surface area (Å²) in [5.41, 5.74) is 1.01. The lowest BCUT2D eigenvalue weighted by Gasteiger charge is -2.21. The highest BCUT2D eigenvalue weighted by molar-refractivity contribution is 5.97. The number of aliphatic hydroxyl groups is 1. The van der Waals surface area contributed by atoms with Crippen molar-refractivity contribution < 1.29 is 15.0 Å². The van der Waals surface area contributed by atoms with Crippen LogP contribution in [0, 0.1) is 6.92 Å². The Hall–Kier alpha value is -1.55. The zero-order chi connectivity index (χ0) is 12.8. The molecule has 0 bridgehead atoms. The number of hydrogen-bond donors (Lipinski definition) is 2. The first-order valence-corrected chi connectivity index (χ1v) is 5.80.